The van der Waals surface area contributed by atoms with Crippen LogP contribution in [0.3, 0.4) is 0 Å². The lowest BCUT2D eigenvalue weighted by molar-refractivity contribution is 0.552. The van der Waals surface area contributed by atoms with Crippen molar-refractivity contribution in [2.75, 3.05) is 0 Å². The van der Waals surface area contributed by atoms with Crippen molar-refractivity contribution in [3.8, 4) is 0 Å². The molecule has 0 aliphatic heterocycles. The highest BCUT2D eigenvalue weighted by molar-refractivity contribution is 5.79. The van der Waals surface area contributed by atoms with Gasteiger partial charge in [0.05, 0.1) is 17.8 Å². The summed E-state index contributed by atoms with van der Waals surface area (Å²) < 4.78 is 1.92. The van der Waals surface area contributed by atoms with Gasteiger partial charge >= 0.3 is 0 Å². The van der Waals surface area contributed by atoms with E-state index >= 15 is 0 Å². The molecule has 0 bridgehead atoms. The van der Waals surface area contributed by atoms with Gasteiger partial charge in [-0.25, -0.2) is 0 Å². The molecular weight excluding hydrogens is 262 g/mol. The van der Waals surface area contributed by atoms with Crippen LogP contribution in [0, 0.1) is 0 Å². The number of aryl methyl sites for hydroxylation is 1. The molecule has 0 spiro atoms. The molecule has 21 heavy (non-hydrogen) atoms. The summed E-state index contributed by atoms with van der Waals surface area (Å²) in [6, 6.07) is 10.3. The van der Waals surface area contributed by atoms with Crippen LogP contribution in [0.4, 0.5) is 0 Å². The number of hydrogen-bond acceptors (Lipinski definition) is 4. The molecule has 0 aliphatic rings. The molecular formula is C16H19N5. The maximum atomic E-state index is 5.74. The van der Waals surface area contributed by atoms with Gasteiger partial charge in [0.15, 0.2) is 0 Å². The van der Waals surface area contributed by atoms with E-state index in [1.54, 1.807) is 6.20 Å². The van der Waals surface area contributed by atoms with Gasteiger partial charge in [0, 0.05) is 24.3 Å². The lowest BCUT2D eigenvalue weighted by Crippen LogP contribution is -2.29. The van der Waals surface area contributed by atoms with Gasteiger partial charge in [-0.1, -0.05) is 12.1 Å². The van der Waals surface area contributed by atoms with Gasteiger partial charge in [-0.3, -0.25) is 20.9 Å². The van der Waals surface area contributed by atoms with Crippen molar-refractivity contribution in [2.24, 2.45) is 5.84 Å². The number of benzene rings is 1. The molecule has 3 aromatic rings. The monoisotopic (exact) mass is 281 g/mol. The van der Waals surface area contributed by atoms with Gasteiger partial charge < -0.3 is 0 Å². The number of nitrogens with two attached hydrogens (primary N) is 1. The molecule has 3 rings (SSSR count). The predicted octanol–water partition coefficient (Wildman–Crippen LogP) is 2.20. The third-order valence-electron chi connectivity index (χ3n) is 3.68. The first kappa shape index (κ1) is 13.7. The summed E-state index contributed by atoms with van der Waals surface area (Å²) in [7, 11) is 0. The standard InChI is InChI=1S/C16H19N5/c1-2-21-11-12(10-19-21)8-16(20-17)14-5-6-15-13(9-14)4-3-7-18-15/h3-7,9-11,16,20H,2,8,17H2,1H3. The lowest BCUT2D eigenvalue weighted by atomic mass is 9.99. The number of pyridine rings is 1. The Morgan fingerprint density at radius 3 is 3.00 bits per heavy atom. The quantitative estimate of drug-likeness (QED) is 0.555. The zero-order valence-electron chi connectivity index (χ0n) is 12.0. The van der Waals surface area contributed by atoms with Crippen LogP contribution in [0.2, 0.25) is 0 Å². The molecule has 0 amide bonds. The van der Waals surface area contributed by atoms with E-state index in [9.17, 15) is 0 Å². The molecule has 3 N–H and O–H groups in total. The van der Waals surface area contributed by atoms with E-state index in [0.29, 0.717) is 0 Å². The molecule has 2 aromatic heterocycles. The second kappa shape index (κ2) is 6.03. The Morgan fingerprint density at radius 2 is 2.24 bits per heavy atom. The van der Waals surface area contributed by atoms with Gasteiger partial charge in [-0.05, 0) is 42.7 Å². The van der Waals surface area contributed by atoms with Crippen LogP contribution < -0.4 is 11.3 Å². The molecule has 0 aliphatic carbocycles. The number of fused-ring (bicyclic) bond motifs is 1. The van der Waals surface area contributed by atoms with Crippen molar-refractivity contribution in [1.29, 1.82) is 0 Å². The number of aromatic nitrogens is 3. The Morgan fingerprint density at radius 1 is 1.33 bits per heavy atom. The smallest absolute Gasteiger partial charge is 0.0702 e. The molecule has 1 atom stereocenters. The summed E-state index contributed by atoms with van der Waals surface area (Å²) in [6.07, 6.45) is 6.57. The maximum absolute atomic E-state index is 5.74. The average Bonchev–Trinajstić information content (AvgIpc) is 3.00. The van der Waals surface area contributed by atoms with Crippen LogP contribution in [-0.2, 0) is 13.0 Å². The molecule has 5 heteroatoms. The Hall–Kier alpha value is -2.24. The average molecular weight is 281 g/mol. The third-order valence-corrected chi connectivity index (χ3v) is 3.68. The molecule has 0 fully saturated rings. The first-order valence-electron chi connectivity index (χ1n) is 7.12. The third kappa shape index (κ3) is 2.94. The summed E-state index contributed by atoms with van der Waals surface area (Å²) in [5.74, 6) is 5.74. The molecule has 1 unspecified atom stereocenters. The van der Waals surface area contributed by atoms with Crippen molar-refractivity contribution in [3.05, 3.63) is 60.0 Å². The fraction of sp³-hybridized carbons (Fsp3) is 0.250. The van der Waals surface area contributed by atoms with E-state index in [0.717, 1.165) is 29.4 Å². The van der Waals surface area contributed by atoms with Crippen LogP contribution in [0.1, 0.15) is 24.1 Å². The first-order valence-corrected chi connectivity index (χ1v) is 7.12. The number of nitrogens with zero attached hydrogens (tertiary/aromatic N) is 3. The number of nitrogens with one attached hydrogen (secondary N) is 1. The van der Waals surface area contributed by atoms with Crippen LogP contribution in [0.25, 0.3) is 10.9 Å². The zero-order chi connectivity index (χ0) is 14.7. The van der Waals surface area contributed by atoms with Crippen LogP contribution in [-0.4, -0.2) is 14.8 Å². The topological polar surface area (TPSA) is 68.8 Å². The number of rotatable bonds is 5. The highest BCUT2D eigenvalue weighted by Crippen LogP contribution is 2.21. The van der Waals surface area contributed by atoms with Crippen molar-refractivity contribution in [2.45, 2.75) is 25.9 Å². The largest absolute Gasteiger partial charge is 0.273 e. The molecule has 0 saturated carbocycles. The van der Waals surface area contributed by atoms with Crippen LogP contribution in [0.5, 0.6) is 0 Å². The highest BCUT2D eigenvalue weighted by Gasteiger charge is 2.12. The van der Waals surface area contributed by atoms with E-state index in [4.69, 9.17) is 5.84 Å². The second-order valence-corrected chi connectivity index (χ2v) is 5.08. The molecule has 2 heterocycles. The van der Waals surface area contributed by atoms with Crippen LogP contribution >= 0.6 is 0 Å². The Labute approximate surface area is 123 Å². The zero-order valence-corrected chi connectivity index (χ0v) is 12.0. The second-order valence-electron chi connectivity index (χ2n) is 5.08. The summed E-state index contributed by atoms with van der Waals surface area (Å²) in [5.41, 5.74) is 6.22. The van der Waals surface area contributed by atoms with Gasteiger partial charge in [-0.15, -0.1) is 0 Å². The minimum absolute atomic E-state index is 0.0594. The van der Waals surface area contributed by atoms with E-state index < -0.39 is 0 Å². The van der Waals surface area contributed by atoms with E-state index in [2.05, 4.69) is 46.8 Å². The van der Waals surface area contributed by atoms with Crippen LogP contribution in [0.15, 0.2) is 48.9 Å². The van der Waals surface area contributed by atoms with Gasteiger partial charge in [-0.2, -0.15) is 5.10 Å². The van der Waals surface area contributed by atoms with Crippen molar-refractivity contribution in [3.63, 3.8) is 0 Å². The van der Waals surface area contributed by atoms with E-state index in [-0.39, 0.29) is 6.04 Å². The van der Waals surface area contributed by atoms with Crippen molar-refractivity contribution in [1.82, 2.24) is 20.2 Å². The summed E-state index contributed by atoms with van der Waals surface area (Å²) in [5, 5.41) is 5.43. The fourth-order valence-corrected chi connectivity index (χ4v) is 2.50. The summed E-state index contributed by atoms with van der Waals surface area (Å²) in [4.78, 5) is 4.34. The first-order chi connectivity index (χ1) is 10.3. The minimum Gasteiger partial charge on any atom is -0.273 e. The lowest BCUT2D eigenvalue weighted by Gasteiger charge is -2.16. The minimum atomic E-state index is 0.0594. The normalized spacial score (nSPS) is 12.7. The maximum Gasteiger partial charge on any atom is 0.0702 e. The van der Waals surface area contributed by atoms with Crippen molar-refractivity contribution < 1.29 is 0 Å². The predicted molar refractivity (Wildman–Crippen MR) is 83.4 cm³/mol. The molecule has 5 nitrogen and oxygen atoms in total. The Balaban J connectivity index is 1.86. The number of hydrazine groups is 1. The Bertz CT molecular complexity index is 734. The van der Waals surface area contributed by atoms with Gasteiger partial charge in [0.1, 0.15) is 0 Å². The van der Waals surface area contributed by atoms with E-state index in [1.165, 1.54) is 5.56 Å². The molecule has 0 saturated heterocycles. The summed E-state index contributed by atoms with van der Waals surface area (Å²) >= 11 is 0. The highest BCUT2D eigenvalue weighted by atomic mass is 15.3. The Kier molecular flexibility index (Phi) is 3.94. The van der Waals surface area contributed by atoms with E-state index in [1.807, 2.05) is 23.0 Å². The van der Waals surface area contributed by atoms with Crippen molar-refractivity contribution >= 4 is 10.9 Å². The summed E-state index contributed by atoms with van der Waals surface area (Å²) in [6.45, 7) is 2.95. The number of hydrogen-bond donors (Lipinski definition) is 2. The molecule has 0 radical (unpaired) electrons. The SMILES string of the molecule is CCn1cc(CC(NN)c2ccc3ncccc3c2)cn1. The molecule has 108 valence electrons. The van der Waals surface area contributed by atoms with Gasteiger partial charge in [0.2, 0.25) is 0 Å². The van der Waals surface area contributed by atoms with Gasteiger partial charge in [0.25, 0.3) is 0 Å². The molecule has 1 aromatic carbocycles. The fourth-order valence-electron chi connectivity index (χ4n) is 2.50.